The first-order valence-corrected chi connectivity index (χ1v) is 8.25. The highest BCUT2D eigenvalue weighted by molar-refractivity contribution is 7.90. The van der Waals surface area contributed by atoms with Crippen LogP contribution in [-0.2, 0) is 16.0 Å². The smallest absolute Gasteiger partial charge is 0.355 e. The number of halogens is 3. The topological polar surface area (TPSA) is 80.5 Å². The van der Waals surface area contributed by atoms with Crippen molar-refractivity contribution in [3.05, 3.63) is 18.0 Å². The van der Waals surface area contributed by atoms with Crippen LogP contribution in [0.3, 0.4) is 0 Å². The van der Waals surface area contributed by atoms with Crippen molar-refractivity contribution in [3.63, 3.8) is 0 Å². The van der Waals surface area contributed by atoms with E-state index in [1.807, 2.05) is 0 Å². The van der Waals surface area contributed by atoms with Gasteiger partial charge >= 0.3 is 6.18 Å². The van der Waals surface area contributed by atoms with Gasteiger partial charge in [-0.25, -0.2) is 8.42 Å². The van der Waals surface area contributed by atoms with Gasteiger partial charge in [0, 0.05) is 19.3 Å². The molecule has 1 unspecified atom stereocenters. The average molecular weight is 337 g/mol. The standard InChI is InChI=1S/C11H14F3N5O2S/c1-7(6-22(3,20)21)18(2)9-5-4-8-15-16-10(11(12,13)14)19(8)17-9/h4-5,7H,6H2,1-3H3. The maximum Gasteiger partial charge on any atom is 0.453 e. The largest absolute Gasteiger partial charge is 0.453 e. The first kappa shape index (κ1) is 16.5. The van der Waals surface area contributed by atoms with Gasteiger partial charge in [0.25, 0.3) is 5.82 Å². The molecule has 2 aromatic heterocycles. The third-order valence-corrected chi connectivity index (χ3v) is 4.16. The summed E-state index contributed by atoms with van der Waals surface area (Å²) in [4.78, 5) is 1.49. The molecule has 0 bridgehead atoms. The minimum Gasteiger partial charge on any atom is -0.355 e. The maximum atomic E-state index is 12.8. The van der Waals surface area contributed by atoms with Crippen LogP contribution >= 0.6 is 0 Å². The molecule has 0 radical (unpaired) electrons. The van der Waals surface area contributed by atoms with E-state index in [2.05, 4.69) is 15.3 Å². The molecule has 2 aromatic rings. The van der Waals surface area contributed by atoms with Crippen LogP contribution in [0.15, 0.2) is 12.1 Å². The predicted octanol–water partition coefficient (Wildman–Crippen LogP) is 1.01. The molecule has 11 heteroatoms. The van der Waals surface area contributed by atoms with Crippen molar-refractivity contribution in [2.24, 2.45) is 0 Å². The van der Waals surface area contributed by atoms with Gasteiger partial charge in [-0.1, -0.05) is 0 Å². The van der Waals surface area contributed by atoms with Gasteiger partial charge in [-0.15, -0.1) is 15.3 Å². The number of rotatable bonds is 4. The number of hydrogen-bond acceptors (Lipinski definition) is 6. The molecule has 7 nitrogen and oxygen atoms in total. The molecule has 0 aliphatic rings. The number of fused-ring (bicyclic) bond motifs is 1. The molecule has 2 rings (SSSR count). The Hall–Kier alpha value is -1.91. The number of aromatic nitrogens is 4. The lowest BCUT2D eigenvalue weighted by molar-refractivity contribution is -0.146. The fourth-order valence-electron chi connectivity index (χ4n) is 1.92. The number of sulfone groups is 1. The van der Waals surface area contributed by atoms with E-state index >= 15 is 0 Å². The molecule has 0 aliphatic carbocycles. The molecular weight excluding hydrogens is 323 g/mol. The van der Waals surface area contributed by atoms with Crippen LogP contribution in [0, 0.1) is 0 Å². The van der Waals surface area contributed by atoms with Crippen molar-refractivity contribution in [1.82, 2.24) is 19.8 Å². The highest BCUT2D eigenvalue weighted by Crippen LogP contribution is 2.28. The fraction of sp³-hybridized carbons (Fsp3) is 0.545. The quantitative estimate of drug-likeness (QED) is 0.828. The zero-order chi connectivity index (χ0) is 16.7. The van der Waals surface area contributed by atoms with E-state index < -0.39 is 27.9 Å². The van der Waals surface area contributed by atoms with Gasteiger partial charge in [-0.05, 0) is 19.1 Å². The van der Waals surface area contributed by atoms with E-state index in [1.54, 1.807) is 14.0 Å². The minimum atomic E-state index is -4.68. The zero-order valence-electron chi connectivity index (χ0n) is 12.0. The van der Waals surface area contributed by atoms with E-state index in [9.17, 15) is 21.6 Å². The maximum absolute atomic E-state index is 12.8. The number of alkyl halides is 3. The van der Waals surface area contributed by atoms with Crippen LogP contribution < -0.4 is 4.90 Å². The second kappa shape index (κ2) is 5.38. The molecule has 0 aromatic carbocycles. The van der Waals surface area contributed by atoms with Crippen molar-refractivity contribution in [2.75, 3.05) is 24.0 Å². The average Bonchev–Trinajstić information content (AvgIpc) is 2.78. The summed E-state index contributed by atoms with van der Waals surface area (Å²) >= 11 is 0. The van der Waals surface area contributed by atoms with Gasteiger partial charge in [0.15, 0.2) is 5.65 Å². The zero-order valence-corrected chi connectivity index (χ0v) is 12.9. The third-order valence-electron chi connectivity index (χ3n) is 3.07. The molecule has 0 saturated heterocycles. The van der Waals surface area contributed by atoms with Crippen molar-refractivity contribution < 1.29 is 21.6 Å². The summed E-state index contributed by atoms with van der Waals surface area (Å²) in [5.74, 6) is -1.18. The fourth-order valence-corrected chi connectivity index (χ4v) is 3.02. The molecule has 1 atom stereocenters. The van der Waals surface area contributed by atoms with Gasteiger partial charge in [0.1, 0.15) is 15.7 Å². The normalized spacial score (nSPS) is 14.3. The summed E-state index contributed by atoms with van der Waals surface area (Å²) in [6.07, 6.45) is -3.59. The highest BCUT2D eigenvalue weighted by atomic mass is 32.2. The molecule has 2 heterocycles. The van der Waals surface area contributed by atoms with Crippen molar-refractivity contribution in [2.45, 2.75) is 19.1 Å². The van der Waals surface area contributed by atoms with E-state index in [1.165, 1.54) is 17.0 Å². The Balaban J connectivity index is 2.40. The Kier molecular flexibility index (Phi) is 4.02. The van der Waals surface area contributed by atoms with Crippen LogP contribution in [0.2, 0.25) is 0 Å². The summed E-state index contributed by atoms with van der Waals surface area (Å²) in [6, 6.07) is 2.35. The van der Waals surface area contributed by atoms with Crippen LogP contribution in [0.5, 0.6) is 0 Å². The van der Waals surface area contributed by atoms with Crippen LogP contribution in [0.1, 0.15) is 12.7 Å². The van der Waals surface area contributed by atoms with Crippen molar-refractivity contribution in [1.29, 1.82) is 0 Å². The SMILES string of the molecule is CC(CS(C)(=O)=O)N(C)c1ccc2nnc(C(F)(F)F)n2n1. The Morgan fingerprint density at radius 3 is 2.50 bits per heavy atom. The molecule has 0 spiro atoms. The number of nitrogens with zero attached hydrogens (tertiary/aromatic N) is 5. The Labute approximate surface area is 124 Å². The summed E-state index contributed by atoms with van der Waals surface area (Å²) < 4.78 is 61.6. The van der Waals surface area contributed by atoms with Crippen LogP contribution in [0.4, 0.5) is 19.0 Å². The van der Waals surface area contributed by atoms with E-state index in [0.717, 1.165) is 6.26 Å². The Bertz CT molecular complexity index is 787. The van der Waals surface area contributed by atoms with Gasteiger partial charge < -0.3 is 4.90 Å². The lowest BCUT2D eigenvalue weighted by atomic mass is 10.3. The highest BCUT2D eigenvalue weighted by Gasteiger charge is 2.37. The molecular formula is C11H14F3N5O2S. The van der Waals surface area contributed by atoms with Crippen LogP contribution in [0.25, 0.3) is 5.65 Å². The monoisotopic (exact) mass is 337 g/mol. The third kappa shape index (κ3) is 3.46. The van der Waals surface area contributed by atoms with E-state index in [0.29, 0.717) is 4.52 Å². The van der Waals surface area contributed by atoms with Crippen molar-refractivity contribution in [3.8, 4) is 0 Å². The Morgan fingerprint density at radius 1 is 1.32 bits per heavy atom. The van der Waals surface area contributed by atoms with E-state index in [-0.39, 0.29) is 17.2 Å². The first-order valence-electron chi connectivity index (χ1n) is 6.19. The molecule has 0 amide bonds. The summed E-state index contributed by atoms with van der Waals surface area (Å²) in [6.45, 7) is 1.64. The summed E-state index contributed by atoms with van der Waals surface area (Å²) in [5.41, 5.74) is -0.0414. The van der Waals surface area contributed by atoms with E-state index in [4.69, 9.17) is 0 Å². The van der Waals surface area contributed by atoms with Gasteiger partial charge in [0.05, 0.1) is 5.75 Å². The molecule has 0 N–H and O–H groups in total. The molecule has 0 fully saturated rings. The van der Waals surface area contributed by atoms with Crippen LogP contribution in [-0.4, -0.2) is 53.3 Å². The summed E-state index contributed by atoms with van der Waals surface area (Å²) in [7, 11) is -1.66. The van der Waals surface area contributed by atoms with Gasteiger partial charge in [-0.2, -0.15) is 17.7 Å². The first-order chi connectivity index (χ1) is 9.99. The number of anilines is 1. The minimum absolute atomic E-state index is 0.0414. The second-order valence-corrected chi connectivity index (χ2v) is 7.22. The molecule has 0 saturated carbocycles. The molecule has 22 heavy (non-hydrogen) atoms. The lowest BCUT2D eigenvalue weighted by Crippen LogP contribution is -2.35. The second-order valence-electron chi connectivity index (χ2n) is 5.04. The predicted molar refractivity (Wildman–Crippen MR) is 73.4 cm³/mol. The number of hydrogen-bond donors (Lipinski definition) is 0. The lowest BCUT2D eigenvalue weighted by Gasteiger charge is -2.25. The summed E-state index contributed by atoms with van der Waals surface area (Å²) in [5, 5.41) is 10.3. The Morgan fingerprint density at radius 2 is 1.95 bits per heavy atom. The van der Waals surface area contributed by atoms with Gasteiger partial charge in [0.2, 0.25) is 0 Å². The van der Waals surface area contributed by atoms with Crippen molar-refractivity contribution >= 4 is 21.3 Å². The van der Waals surface area contributed by atoms with Gasteiger partial charge in [-0.3, -0.25) is 0 Å². The molecule has 122 valence electrons. The molecule has 0 aliphatic heterocycles.